The number of fused-ring (bicyclic) bond motifs is 2. The molecule has 2 aliphatic heterocycles. The van der Waals surface area contributed by atoms with E-state index < -0.39 is 40.6 Å². The Morgan fingerprint density at radius 2 is 1.71 bits per heavy atom. The number of thioether (sulfide) groups is 1. The van der Waals surface area contributed by atoms with Gasteiger partial charge in [0.25, 0.3) is 0 Å². The van der Waals surface area contributed by atoms with Crippen LogP contribution in [-0.4, -0.2) is 29.2 Å². The predicted molar refractivity (Wildman–Crippen MR) is 152 cm³/mol. The number of H-pyrrole nitrogens is 1. The monoisotopic (exact) mass is 612 g/mol. The summed E-state index contributed by atoms with van der Waals surface area (Å²) in [5, 5.41) is -0.486. The maximum atomic E-state index is 13.9. The standard InChI is InChI=1S/C30H23F3N2O5S2/c1-15-6-8-16(9-7-15)14-40-20-11-10-17(12-21(20)39-2)22-23-25(41-26-24(22)42-29(38)34-26)28(37)35(27(23)36)19-5-3-4-18(13-19)30(31,32)33/h3-13,22-23,25H,14H2,1-2H3,(H,34,38). The highest BCUT2D eigenvalue weighted by Gasteiger charge is 2.56. The highest BCUT2D eigenvalue weighted by Crippen LogP contribution is 2.54. The summed E-state index contributed by atoms with van der Waals surface area (Å²) in [5.41, 5.74) is 1.58. The number of aromatic amines is 1. The van der Waals surface area contributed by atoms with Crippen LogP contribution < -0.4 is 19.2 Å². The van der Waals surface area contributed by atoms with Crippen molar-refractivity contribution in [1.82, 2.24) is 4.98 Å². The van der Waals surface area contributed by atoms with Crippen LogP contribution in [0.3, 0.4) is 0 Å². The van der Waals surface area contributed by atoms with E-state index in [4.69, 9.17) is 9.47 Å². The molecular weight excluding hydrogens is 589 g/mol. The third-order valence-electron chi connectivity index (χ3n) is 7.32. The van der Waals surface area contributed by atoms with E-state index >= 15 is 0 Å². The smallest absolute Gasteiger partial charge is 0.416 e. The van der Waals surface area contributed by atoms with Crippen LogP contribution in [-0.2, 0) is 22.4 Å². The number of anilines is 1. The number of aryl methyl sites for hydroxylation is 1. The summed E-state index contributed by atoms with van der Waals surface area (Å²) in [4.78, 5) is 43.7. The lowest BCUT2D eigenvalue weighted by Crippen LogP contribution is -2.32. The van der Waals surface area contributed by atoms with Gasteiger partial charge >= 0.3 is 11.0 Å². The van der Waals surface area contributed by atoms with Gasteiger partial charge in [-0.25, -0.2) is 4.90 Å². The van der Waals surface area contributed by atoms with E-state index in [0.29, 0.717) is 33.6 Å². The second kappa shape index (κ2) is 10.7. The van der Waals surface area contributed by atoms with Crippen molar-refractivity contribution in [2.45, 2.75) is 35.9 Å². The number of thiazole rings is 1. The Kier molecular flexibility index (Phi) is 7.14. The Hall–Kier alpha value is -4.03. The van der Waals surface area contributed by atoms with Gasteiger partial charge < -0.3 is 14.5 Å². The molecule has 7 nitrogen and oxygen atoms in total. The number of carbonyl (C=O) groups excluding carboxylic acids is 2. The first-order chi connectivity index (χ1) is 20.0. The van der Waals surface area contributed by atoms with Gasteiger partial charge in [0.05, 0.1) is 29.3 Å². The molecule has 0 saturated carbocycles. The minimum Gasteiger partial charge on any atom is -0.493 e. The second-order valence-corrected chi connectivity index (χ2v) is 12.2. The molecule has 2 amide bonds. The molecule has 12 heteroatoms. The number of imide groups is 1. The Morgan fingerprint density at radius 3 is 2.43 bits per heavy atom. The quantitative estimate of drug-likeness (QED) is 0.263. The third-order valence-corrected chi connectivity index (χ3v) is 9.72. The molecule has 0 bridgehead atoms. The van der Waals surface area contributed by atoms with Gasteiger partial charge in [-0.3, -0.25) is 14.4 Å². The van der Waals surface area contributed by atoms with Crippen molar-refractivity contribution in [3.63, 3.8) is 0 Å². The van der Waals surface area contributed by atoms with E-state index in [0.717, 1.165) is 51.3 Å². The molecule has 42 heavy (non-hydrogen) atoms. The fourth-order valence-electron chi connectivity index (χ4n) is 5.29. The zero-order chi connectivity index (χ0) is 29.8. The van der Waals surface area contributed by atoms with E-state index in [2.05, 4.69) is 4.98 Å². The number of aromatic nitrogens is 1. The molecule has 0 aliphatic carbocycles. The van der Waals surface area contributed by atoms with Crippen molar-refractivity contribution in [2.75, 3.05) is 12.0 Å². The fraction of sp³-hybridized carbons (Fsp3) is 0.233. The number of methoxy groups -OCH3 is 1. The average molecular weight is 613 g/mol. The maximum absolute atomic E-state index is 13.9. The van der Waals surface area contributed by atoms with Gasteiger partial charge in [-0.15, -0.1) is 0 Å². The molecule has 1 N–H and O–H groups in total. The molecule has 1 aromatic heterocycles. The van der Waals surface area contributed by atoms with Gasteiger partial charge in [0.2, 0.25) is 11.8 Å². The zero-order valence-corrected chi connectivity index (χ0v) is 23.9. The number of hydrogen-bond acceptors (Lipinski definition) is 7. The Labute approximate surface area is 246 Å². The summed E-state index contributed by atoms with van der Waals surface area (Å²) in [6.45, 7) is 2.29. The largest absolute Gasteiger partial charge is 0.493 e. The van der Waals surface area contributed by atoms with Crippen LogP contribution >= 0.6 is 23.1 Å². The molecule has 3 heterocycles. The molecule has 3 unspecified atom stereocenters. The van der Waals surface area contributed by atoms with Crippen LogP contribution in [0, 0.1) is 12.8 Å². The topological polar surface area (TPSA) is 88.7 Å². The Bertz CT molecular complexity index is 1750. The Balaban J connectivity index is 1.37. The van der Waals surface area contributed by atoms with Crippen LogP contribution in [0.1, 0.15) is 33.0 Å². The van der Waals surface area contributed by atoms with E-state index in [1.54, 1.807) is 18.2 Å². The summed E-state index contributed by atoms with van der Waals surface area (Å²) in [6, 6.07) is 17.2. The van der Waals surface area contributed by atoms with Crippen molar-refractivity contribution in [3.05, 3.63) is 104 Å². The van der Waals surface area contributed by atoms with E-state index in [-0.39, 0.29) is 10.6 Å². The van der Waals surface area contributed by atoms with Crippen molar-refractivity contribution >= 4 is 40.6 Å². The van der Waals surface area contributed by atoms with Crippen LogP contribution in [0.15, 0.2) is 76.6 Å². The van der Waals surface area contributed by atoms with Crippen molar-refractivity contribution in [1.29, 1.82) is 0 Å². The SMILES string of the molecule is COc1cc(C2c3sc(=O)[nH]c3SC3C(=O)N(c4cccc(C(F)(F)F)c4)C(=O)C32)ccc1OCc1ccc(C)cc1. The minimum absolute atomic E-state index is 0.150. The van der Waals surface area contributed by atoms with Crippen molar-refractivity contribution in [3.8, 4) is 11.5 Å². The van der Waals surface area contributed by atoms with Gasteiger partial charge in [0.1, 0.15) is 11.9 Å². The normalized spacial score (nSPS) is 19.9. The number of rotatable bonds is 6. The zero-order valence-electron chi connectivity index (χ0n) is 22.2. The number of halogens is 3. The number of hydrogen-bond donors (Lipinski definition) is 1. The first-order valence-corrected chi connectivity index (χ1v) is 14.6. The molecule has 1 fully saturated rings. The first-order valence-electron chi connectivity index (χ1n) is 12.9. The molecule has 6 rings (SSSR count). The van der Waals surface area contributed by atoms with Gasteiger partial charge in [-0.2, -0.15) is 13.2 Å². The number of amides is 2. The van der Waals surface area contributed by atoms with Crippen LogP contribution in [0.4, 0.5) is 18.9 Å². The number of benzene rings is 3. The molecule has 2 aliphatic rings. The minimum atomic E-state index is -4.64. The van der Waals surface area contributed by atoms with Crippen LogP contribution in [0.25, 0.3) is 0 Å². The number of alkyl halides is 3. The maximum Gasteiger partial charge on any atom is 0.416 e. The molecule has 4 aromatic rings. The van der Waals surface area contributed by atoms with Crippen molar-refractivity contribution in [2.24, 2.45) is 5.92 Å². The third kappa shape index (κ3) is 4.98. The highest BCUT2D eigenvalue weighted by molar-refractivity contribution is 8.00. The predicted octanol–water partition coefficient (Wildman–Crippen LogP) is 6.15. The average Bonchev–Trinajstić information content (AvgIpc) is 3.46. The molecule has 0 spiro atoms. The number of nitrogens with zero attached hydrogens (tertiary/aromatic N) is 1. The van der Waals surface area contributed by atoms with Gasteiger partial charge in [0, 0.05) is 10.8 Å². The highest BCUT2D eigenvalue weighted by atomic mass is 32.2. The van der Waals surface area contributed by atoms with Crippen molar-refractivity contribution < 1.29 is 32.2 Å². The number of nitrogens with one attached hydrogen (secondary N) is 1. The summed E-state index contributed by atoms with van der Waals surface area (Å²) in [6.07, 6.45) is -4.64. The molecule has 216 valence electrons. The number of ether oxygens (including phenoxy) is 2. The fourth-order valence-corrected chi connectivity index (χ4v) is 7.81. The second-order valence-electron chi connectivity index (χ2n) is 9.99. The van der Waals surface area contributed by atoms with Gasteiger partial charge in [-0.05, 0) is 48.4 Å². The van der Waals surface area contributed by atoms with Crippen LogP contribution in [0.2, 0.25) is 0 Å². The lowest BCUT2D eigenvalue weighted by molar-refractivity contribution is -0.137. The first kappa shape index (κ1) is 28.1. The Morgan fingerprint density at radius 1 is 0.952 bits per heavy atom. The summed E-state index contributed by atoms with van der Waals surface area (Å²) in [7, 11) is 1.48. The lowest BCUT2D eigenvalue weighted by Gasteiger charge is -2.30. The lowest BCUT2D eigenvalue weighted by atomic mass is 9.83. The summed E-state index contributed by atoms with van der Waals surface area (Å²) >= 11 is 1.99. The molecule has 3 aromatic carbocycles. The van der Waals surface area contributed by atoms with Crippen LogP contribution in [0.5, 0.6) is 11.5 Å². The molecular formula is C30H23F3N2O5S2. The summed E-state index contributed by atoms with van der Waals surface area (Å²) < 4.78 is 51.9. The summed E-state index contributed by atoms with van der Waals surface area (Å²) in [5.74, 6) is -2.09. The van der Waals surface area contributed by atoms with E-state index in [1.807, 2.05) is 31.2 Å². The van der Waals surface area contributed by atoms with Gasteiger partial charge in [0.15, 0.2) is 11.5 Å². The van der Waals surface area contributed by atoms with E-state index in [1.165, 1.54) is 19.2 Å². The van der Waals surface area contributed by atoms with Gasteiger partial charge in [-0.1, -0.05) is 65.1 Å². The number of carbonyl (C=O) groups is 2. The van der Waals surface area contributed by atoms with E-state index in [9.17, 15) is 27.6 Å². The molecule has 0 radical (unpaired) electrons. The molecule has 1 saturated heterocycles. The molecule has 3 atom stereocenters.